The van der Waals surface area contributed by atoms with Gasteiger partial charge in [-0.15, -0.1) is 10.2 Å². The minimum absolute atomic E-state index is 0.0370. The number of carbonyl (C=O) groups excluding carboxylic acids is 1. The van der Waals surface area contributed by atoms with Gasteiger partial charge < -0.3 is 18.9 Å². The smallest absolute Gasteiger partial charge is 0.283 e. The van der Waals surface area contributed by atoms with E-state index < -0.39 is 10.8 Å². The highest BCUT2D eigenvalue weighted by molar-refractivity contribution is 6.06. The quantitative estimate of drug-likeness (QED) is 0.372. The molecule has 0 aliphatic heterocycles. The summed E-state index contributed by atoms with van der Waals surface area (Å²) in [5.41, 5.74) is 0.828. The first-order valence-electron chi connectivity index (χ1n) is 8.67. The largest absolute Gasteiger partial charge is 0.496 e. The number of non-ortho nitro benzene ring substituents is 1. The summed E-state index contributed by atoms with van der Waals surface area (Å²) < 4.78 is 16.0. The number of furan rings is 1. The number of rotatable bonds is 6. The van der Waals surface area contributed by atoms with Gasteiger partial charge in [0.2, 0.25) is 5.89 Å². The van der Waals surface area contributed by atoms with E-state index in [1.807, 2.05) is 0 Å². The van der Waals surface area contributed by atoms with E-state index >= 15 is 0 Å². The zero-order valence-electron chi connectivity index (χ0n) is 15.6. The zero-order valence-corrected chi connectivity index (χ0v) is 15.6. The number of anilines is 1. The average molecular weight is 406 g/mol. The lowest BCUT2D eigenvalue weighted by Crippen LogP contribution is -2.13. The van der Waals surface area contributed by atoms with Gasteiger partial charge >= 0.3 is 0 Å². The lowest BCUT2D eigenvalue weighted by atomic mass is 10.1. The van der Waals surface area contributed by atoms with Gasteiger partial charge in [0.1, 0.15) is 5.75 Å². The normalized spacial score (nSPS) is 10.6. The highest BCUT2D eigenvalue weighted by atomic mass is 16.6. The Morgan fingerprint density at radius 3 is 2.67 bits per heavy atom. The standard InChI is InChI=1S/C20H14N4O6/c1-28-16-8-7-14(24(26)27)11-15(16)18(25)21-13-5-2-4-12(10-13)19-22-23-20(30-19)17-6-3-9-29-17/h2-11H,1H3,(H,21,25). The van der Waals surface area contributed by atoms with Crippen LogP contribution in [0.15, 0.2) is 69.7 Å². The van der Waals surface area contributed by atoms with Gasteiger partial charge in [-0.25, -0.2) is 0 Å². The lowest BCUT2D eigenvalue weighted by Gasteiger charge is -2.09. The summed E-state index contributed by atoms with van der Waals surface area (Å²) in [4.78, 5) is 23.1. The van der Waals surface area contributed by atoms with E-state index in [9.17, 15) is 14.9 Å². The topological polar surface area (TPSA) is 134 Å². The molecule has 4 rings (SSSR count). The molecule has 2 heterocycles. The molecule has 0 spiro atoms. The minimum Gasteiger partial charge on any atom is -0.496 e. The second-order valence-corrected chi connectivity index (χ2v) is 6.07. The third kappa shape index (κ3) is 3.74. The van der Waals surface area contributed by atoms with Gasteiger partial charge in [-0.1, -0.05) is 6.07 Å². The molecule has 0 aliphatic carbocycles. The van der Waals surface area contributed by atoms with Crippen LogP contribution in [0.4, 0.5) is 11.4 Å². The van der Waals surface area contributed by atoms with Crippen molar-refractivity contribution in [1.82, 2.24) is 10.2 Å². The van der Waals surface area contributed by atoms with Crippen LogP contribution >= 0.6 is 0 Å². The van der Waals surface area contributed by atoms with Crippen LogP contribution in [0.2, 0.25) is 0 Å². The number of nitro benzene ring substituents is 1. The number of ether oxygens (including phenoxy) is 1. The van der Waals surface area contributed by atoms with E-state index in [0.717, 1.165) is 6.07 Å². The molecule has 0 atom stereocenters. The Labute approximate surface area is 169 Å². The van der Waals surface area contributed by atoms with Crippen molar-refractivity contribution in [3.8, 4) is 28.9 Å². The van der Waals surface area contributed by atoms with E-state index in [-0.39, 0.29) is 28.8 Å². The fourth-order valence-electron chi connectivity index (χ4n) is 2.76. The van der Waals surface area contributed by atoms with Gasteiger partial charge in [0.15, 0.2) is 5.76 Å². The molecule has 0 saturated carbocycles. The molecule has 1 N–H and O–H groups in total. The maximum atomic E-state index is 12.7. The number of nitro groups is 1. The fraction of sp³-hybridized carbons (Fsp3) is 0.0500. The number of methoxy groups -OCH3 is 1. The first-order valence-corrected chi connectivity index (χ1v) is 8.67. The van der Waals surface area contributed by atoms with Crippen LogP contribution in [0.5, 0.6) is 5.75 Å². The molecule has 10 heteroatoms. The van der Waals surface area contributed by atoms with Crippen LogP contribution in [0.3, 0.4) is 0 Å². The molecule has 0 fully saturated rings. The monoisotopic (exact) mass is 406 g/mol. The molecule has 150 valence electrons. The van der Waals surface area contributed by atoms with Gasteiger partial charge in [0.25, 0.3) is 17.5 Å². The van der Waals surface area contributed by atoms with Crippen LogP contribution in [0, 0.1) is 10.1 Å². The second kappa shape index (κ2) is 7.87. The molecule has 4 aromatic rings. The summed E-state index contributed by atoms with van der Waals surface area (Å²) in [6, 6.07) is 13.9. The van der Waals surface area contributed by atoms with Crippen molar-refractivity contribution in [2.24, 2.45) is 0 Å². The lowest BCUT2D eigenvalue weighted by molar-refractivity contribution is -0.384. The van der Waals surface area contributed by atoms with E-state index in [2.05, 4.69) is 15.5 Å². The first kappa shape index (κ1) is 18.9. The maximum Gasteiger partial charge on any atom is 0.283 e. The van der Waals surface area contributed by atoms with Crippen molar-refractivity contribution in [1.29, 1.82) is 0 Å². The molecule has 0 aliphatic rings. The number of nitrogens with one attached hydrogen (secondary N) is 1. The van der Waals surface area contributed by atoms with Gasteiger partial charge in [0, 0.05) is 23.4 Å². The van der Waals surface area contributed by atoms with Gasteiger partial charge in [0.05, 0.1) is 23.9 Å². The zero-order chi connectivity index (χ0) is 21.1. The van der Waals surface area contributed by atoms with Crippen molar-refractivity contribution in [3.63, 3.8) is 0 Å². The molecule has 2 aromatic heterocycles. The Kier molecular flexibility index (Phi) is 4.95. The molecule has 2 aromatic carbocycles. The maximum absolute atomic E-state index is 12.7. The summed E-state index contributed by atoms with van der Waals surface area (Å²) in [5.74, 6) is 0.566. The van der Waals surface area contributed by atoms with E-state index in [0.29, 0.717) is 17.0 Å². The summed E-state index contributed by atoms with van der Waals surface area (Å²) in [6.07, 6.45) is 1.50. The number of amides is 1. The van der Waals surface area contributed by atoms with E-state index in [4.69, 9.17) is 13.6 Å². The minimum atomic E-state index is -0.580. The van der Waals surface area contributed by atoms with Crippen molar-refractivity contribution in [2.45, 2.75) is 0 Å². The molecule has 0 bridgehead atoms. The van der Waals surface area contributed by atoms with Crippen molar-refractivity contribution >= 4 is 17.3 Å². The number of nitrogens with zero attached hydrogens (tertiary/aromatic N) is 3. The fourth-order valence-corrected chi connectivity index (χ4v) is 2.76. The van der Waals surface area contributed by atoms with Crippen molar-refractivity contribution in [3.05, 3.63) is 76.5 Å². The van der Waals surface area contributed by atoms with Crippen molar-refractivity contribution in [2.75, 3.05) is 12.4 Å². The number of aromatic nitrogens is 2. The Morgan fingerprint density at radius 2 is 1.93 bits per heavy atom. The molecule has 0 saturated heterocycles. The Morgan fingerprint density at radius 1 is 1.10 bits per heavy atom. The highest BCUT2D eigenvalue weighted by Gasteiger charge is 2.18. The summed E-state index contributed by atoms with van der Waals surface area (Å²) in [5, 5.41) is 21.7. The molecule has 30 heavy (non-hydrogen) atoms. The number of benzene rings is 2. The second-order valence-electron chi connectivity index (χ2n) is 6.07. The van der Waals surface area contributed by atoms with Crippen LogP contribution < -0.4 is 10.1 Å². The Hall–Kier alpha value is -4.47. The molecular formula is C20H14N4O6. The predicted octanol–water partition coefficient (Wildman–Crippen LogP) is 4.17. The average Bonchev–Trinajstić information content (AvgIpc) is 3.45. The van der Waals surface area contributed by atoms with Crippen molar-refractivity contribution < 1.29 is 23.3 Å². The molecule has 0 unspecified atom stereocenters. The Balaban J connectivity index is 1.59. The molecule has 0 radical (unpaired) electrons. The van der Waals surface area contributed by atoms with E-state index in [1.165, 1.54) is 25.5 Å². The van der Waals surface area contributed by atoms with Gasteiger partial charge in [-0.2, -0.15) is 0 Å². The molecule has 10 nitrogen and oxygen atoms in total. The summed E-state index contributed by atoms with van der Waals surface area (Å²) in [6.45, 7) is 0. The summed E-state index contributed by atoms with van der Waals surface area (Å²) >= 11 is 0. The number of hydrogen-bond donors (Lipinski definition) is 1. The van der Waals surface area contributed by atoms with Crippen LogP contribution in [0.25, 0.3) is 23.1 Å². The third-order valence-corrected chi connectivity index (χ3v) is 4.16. The van der Waals surface area contributed by atoms with Gasteiger partial charge in [-0.05, 0) is 36.4 Å². The number of hydrogen-bond acceptors (Lipinski definition) is 8. The van der Waals surface area contributed by atoms with Crippen LogP contribution in [-0.2, 0) is 0 Å². The number of carbonyl (C=O) groups is 1. The summed E-state index contributed by atoms with van der Waals surface area (Å²) in [7, 11) is 1.38. The van der Waals surface area contributed by atoms with Gasteiger partial charge in [-0.3, -0.25) is 14.9 Å². The van der Waals surface area contributed by atoms with Crippen LogP contribution in [-0.4, -0.2) is 28.1 Å². The van der Waals surface area contributed by atoms with Crippen LogP contribution in [0.1, 0.15) is 10.4 Å². The predicted molar refractivity (Wildman–Crippen MR) is 105 cm³/mol. The Bertz CT molecular complexity index is 1220. The van der Waals surface area contributed by atoms with E-state index in [1.54, 1.807) is 36.4 Å². The molecular weight excluding hydrogens is 392 g/mol. The third-order valence-electron chi connectivity index (χ3n) is 4.16. The first-order chi connectivity index (χ1) is 14.5. The highest BCUT2D eigenvalue weighted by Crippen LogP contribution is 2.28. The SMILES string of the molecule is COc1ccc([N+](=O)[O-])cc1C(=O)Nc1cccc(-c2nnc(-c3ccco3)o2)c1. The molecule has 1 amide bonds.